The molecule has 0 bridgehead atoms. The smallest absolute Gasteiger partial charge is 0.219 e. The van der Waals surface area contributed by atoms with Crippen LogP contribution in [0.1, 0.15) is 24.2 Å². The molecule has 0 fully saturated rings. The van der Waals surface area contributed by atoms with Gasteiger partial charge in [-0.05, 0) is 37.1 Å². The molecule has 1 aromatic heterocycles. The van der Waals surface area contributed by atoms with E-state index >= 15 is 0 Å². The molecule has 0 unspecified atom stereocenters. The Morgan fingerprint density at radius 2 is 2.06 bits per heavy atom. The van der Waals surface area contributed by atoms with E-state index in [2.05, 4.69) is 4.98 Å². The van der Waals surface area contributed by atoms with Crippen molar-refractivity contribution >= 4 is 0 Å². The third-order valence-electron chi connectivity index (χ3n) is 2.61. The molecule has 0 amide bonds. The molecule has 0 radical (unpaired) electrons. The van der Waals surface area contributed by atoms with Gasteiger partial charge in [-0.1, -0.05) is 6.07 Å². The normalized spacial score (nSPS) is 12.2. The van der Waals surface area contributed by atoms with E-state index < -0.39 is 6.10 Å². The van der Waals surface area contributed by atoms with Crippen LogP contribution in [0.15, 0.2) is 36.5 Å². The minimum atomic E-state index is -0.594. The first-order chi connectivity index (χ1) is 8.56. The van der Waals surface area contributed by atoms with E-state index in [9.17, 15) is 9.50 Å². The molecule has 4 heteroatoms. The first-order valence-electron chi connectivity index (χ1n) is 5.64. The summed E-state index contributed by atoms with van der Waals surface area (Å²) in [6.45, 7) is 3.49. The van der Waals surface area contributed by atoms with Gasteiger partial charge in [0.2, 0.25) is 5.88 Å². The lowest BCUT2D eigenvalue weighted by molar-refractivity contribution is 0.198. The fraction of sp³-hybridized carbons (Fsp3) is 0.214. The number of halogens is 1. The van der Waals surface area contributed by atoms with Crippen molar-refractivity contribution in [2.45, 2.75) is 20.0 Å². The third-order valence-corrected chi connectivity index (χ3v) is 2.61. The molecule has 1 atom stereocenters. The molecule has 0 aliphatic carbocycles. The van der Waals surface area contributed by atoms with Crippen molar-refractivity contribution in [1.29, 1.82) is 0 Å². The Bertz CT molecular complexity index is 555. The van der Waals surface area contributed by atoms with Crippen LogP contribution in [0, 0.1) is 12.7 Å². The van der Waals surface area contributed by atoms with Gasteiger partial charge in [-0.15, -0.1) is 0 Å². The maximum absolute atomic E-state index is 13.1. The van der Waals surface area contributed by atoms with Gasteiger partial charge in [0.25, 0.3) is 0 Å². The monoisotopic (exact) mass is 247 g/mol. The van der Waals surface area contributed by atoms with Gasteiger partial charge in [-0.3, -0.25) is 0 Å². The molecule has 1 aromatic carbocycles. The van der Waals surface area contributed by atoms with Gasteiger partial charge < -0.3 is 9.84 Å². The molecule has 2 aromatic rings. The van der Waals surface area contributed by atoms with E-state index in [1.54, 1.807) is 31.3 Å². The zero-order chi connectivity index (χ0) is 13.1. The predicted molar refractivity (Wildman–Crippen MR) is 66.1 cm³/mol. The molecule has 1 heterocycles. The number of ether oxygens (including phenoxy) is 1. The van der Waals surface area contributed by atoms with Gasteiger partial charge in [-0.2, -0.15) is 0 Å². The summed E-state index contributed by atoms with van der Waals surface area (Å²) >= 11 is 0. The second kappa shape index (κ2) is 5.14. The first-order valence-corrected chi connectivity index (χ1v) is 5.64. The van der Waals surface area contributed by atoms with Crippen molar-refractivity contribution in [3.63, 3.8) is 0 Å². The second-order valence-electron chi connectivity index (χ2n) is 4.12. The van der Waals surface area contributed by atoms with Crippen molar-refractivity contribution < 1.29 is 14.2 Å². The topological polar surface area (TPSA) is 42.4 Å². The van der Waals surface area contributed by atoms with Crippen LogP contribution in [-0.2, 0) is 0 Å². The van der Waals surface area contributed by atoms with E-state index in [4.69, 9.17) is 4.74 Å². The van der Waals surface area contributed by atoms with Gasteiger partial charge in [0.15, 0.2) is 0 Å². The van der Waals surface area contributed by atoms with E-state index in [0.717, 1.165) is 5.56 Å². The van der Waals surface area contributed by atoms with Gasteiger partial charge in [-0.25, -0.2) is 9.37 Å². The standard InChI is InChI=1S/C14H14FNO2/c1-9-3-4-12(15)8-13(9)18-14-7-11(10(2)17)5-6-16-14/h3-8,10,17H,1-2H3/t10-/m0/s1. The summed E-state index contributed by atoms with van der Waals surface area (Å²) in [5.41, 5.74) is 1.52. The van der Waals surface area contributed by atoms with Crippen LogP contribution in [0.25, 0.3) is 0 Å². The summed E-state index contributed by atoms with van der Waals surface area (Å²) in [6, 6.07) is 7.67. The number of hydrogen-bond acceptors (Lipinski definition) is 3. The molecule has 2 rings (SSSR count). The number of hydrogen-bond donors (Lipinski definition) is 1. The highest BCUT2D eigenvalue weighted by Crippen LogP contribution is 2.25. The highest BCUT2D eigenvalue weighted by Gasteiger charge is 2.07. The van der Waals surface area contributed by atoms with Crippen molar-refractivity contribution in [2.75, 3.05) is 0 Å². The van der Waals surface area contributed by atoms with Crippen LogP contribution in [0.3, 0.4) is 0 Å². The SMILES string of the molecule is Cc1ccc(F)cc1Oc1cc([C@H](C)O)ccn1. The first kappa shape index (κ1) is 12.5. The van der Waals surface area contributed by atoms with Crippen LogP contribution in [0.5, 0.6) is 11.6 Å². The van der Waals surface area contributed by atoms with Crippen molar-refractivity contribution in [3.8, 4) is 11.6 Å². The van der Waals surface area contributed by atoms with E-state index in [-0.39, 0.29) is 5.82 Å². The highest BCUT2D eigenvalue weighted by molar-refractivity contribution is 5.36. The number of aliphatic hydroxyl groups is 1. The predicted octanol–water partition coefficient (Wildman–Crippen LogP) is 3.37. The minimum Gasteiger partial charge on any atom is -0.439 e. The molecule has 1 N–H and O–H groups in total. The zero-order valence-electron chi connectivity index (χ0n) is 10.2. The number of aliphatic hydroxyl groups excluding tert-OH is 1. The van der Waals surface area contributed by atoms with Crippen LogP contribution in [0.4, 0.5) is 4.39 Å². The summed E-state index contributed by atoms with van der Waals surface area (Å²) < 4.78 is 18.6. The fourth-order valence-corrected chi connectivity index (χ4v) is 1.54. The Kier molecular flexibility index (Phi) is 3.58. The lowest BCUT2D eigenvalue weighted by Crippen LogP contribution is -1.95. The Balaban J connectivity index is 2.28. The molecular weight excluding hydrogens is 233 g/mol. The molecule has 0 saturated heterocycles. The lowest BCUT2D eigenvalue weighted by atomic mass is 10.2. The molecule has 3 nitrogen and oxygen atoms in total. The number of aryl methyl sites for hydroxylation is 1. The molecule has 0 saturated carbocycles. The molecular formula is C14H14FNO2. The lowest BCUT2D eigenvalue weighted by Gasteiger charge is -2.10. The molecule has 94 valence electrons. The molecule has 0 aliphatic rings. The average molecular weight is 247 g/mol. The summed E-state index contributed by atoms with van der Waals surface area (Å²) in [5.74, 6) is 0.398. The highest BCUT2D eigenvalue weighted by atomic mass is 19.1. The van der Waals surface area contributed by atoms with E-state index in [1.807, 2.05) is 6.92 Å². The second-order valence-corrected chi connectivity index (χ2v) is 4.12. The number of nitrogens with zero attached hydrogens (tertiary/aromatic N) is 1. The van der Waals surface area contributed by atoms with Gasteiger partial charge in [0, 0.05) is 18.3 Å². The van der Waals surface area contributed by atoms with Crippen molar-refractivity contribution in [1.82, 2.24) is 4.98 Å². The largest absolute Gasteiger partial charge is 0.439 e. The Morgan fingerprint density at radius 3 is 2.78 bits per heavy atom. The number of rotatable bonds is 3. The van der Waals surface area contributed by atoms with Crippen LogP contribution < -0.4 is 4.74 Å². The number of benzene rings is 1. The minimum absolute atomic E-state index is 0.335. The maximum atomic E-state index is 13.1. The Hall–Kier alpha value is -1.94. The van der Waals surface area contributed by atoms with E-state index in [1.165, 1.54) is 12.1 Å². The molecule has 0 spiro atoms. The summed E-state index contributed by atoms with van der Waals surface area (Å²) in [5, 5.41) is 9.47. The van der Waals surface area contributed by atoms with Crippen LogP contribution >= 0.6 is 0 Å². The third kappa shape index (κ3) is 2.84. The van der Waals surface area contributed by atoms with Crippen molar-refractivity contribution in [3.05, 3.63) is 53.5 Å². The van der Waals surface area contributed by atoms with Crippen molar-refractivity contribution in [2.24, 2.45) is 0 Å². The summed E-state index contributed by atoms with van der Waals surface area (Å²) in [7, 11) is 0. The summed E-state index contributed by atoms with van der Waals surface area (Å²) in [4.78, 5) is 4.03. The zero-order valence-corrected chi connectivity index (χ0v) is 10.2. The molecule has 0 aliphatic heterocycles. The quantitative estimate of drug-likeness (QED) is 0.904. The van der Waals surface area contributed by atoms with Crippen LogP contribution in [0.2, 0.25) is 0 Å². The molecule has 18 heavy (non-hydrogen) atoms. The number of pyridine rings is 1. The Morgan fingerprint density at radius 1 is 1.28 bits per heavy atom. The maximum Gasteiger partial charge on any atom is 0.219 e. The summed E-state index contributed by atoms with van der Waals surface area (Å²) in [6.07, 6.45) is 0.954. The Labute approximate surface area is 105 Å². The van der Waals surface area contributed by atoms with Gasteiger partial charge in [0.1, 0.15) is 11.6 Å². The van der Waals surface area contributed by atoms with Gasteiger partial charge in [0.05, 0.1) is 6.10 Å². The number of aromatic nitrogens is 1. The average Bonchev–Trinajstić information content (AvgIpc) is 2.34. The van der Waals surface area contributed by atoms with E-state index in [0.29, 0.717) is 17.2 Å². The fourth-order valence-electron chi connectivity index (χ4n) is 1.54. The van der Waals surface area contributed by atoms with Crippen LogP contribution in [-0.4, -0.2) is 10.1 Å². The van der Waals surface area contributed by atoms with Gasteiger partial charge >= 0.3 is 0 Å².